The van der Waals surface area contributed by atoms with Crippen molar-refractivity contribution in [3.05, 3.63) is 0 Å². The molecule has 0 spiro atoms. The van der Waals surface area contributed by atoms with Crippen LogP contribution in [0.3, 0.4) is 0 Å². The van der Waals surface area contributed by atoms with Crippen molar-refractivity contribution >= 4 is 11.6 Å². The van der Waals surface area contributed by atoms with Gasteiger partial charge in [-0.15, -0.1) is 0 Å². The molecule has 1 N–H and O–H groups in total. The monoisotopic (exact) mass is 252 g/mol. The zero-order valence-electron chi connectivity index (χ0n) is 12.4. The van der Waals surface area contributed by atoms with Gasteiger partial charge in [0.25, 0.3) is 0 Å². The van der Waals surface area contributed by atoms with Crippen molar-refractivity contribution in [2.45, 2.75) is 72.6 Å². The van der Waals surface area contributed by atoms with Gasteiger partial charge >= 0.3 is 0 Å². The molecule has 1 aliphatic carbocycles. The molecule has 0 heterocycles. The summed E-state index contributed by atoms with van der Waals surface area (Å²) in [6.45, 7) is 9.03. The molecule has 0 bridgehead atoms. The van der Waals surface area contributed by atoms with Gasteiger partial charge in [0, 0.05) is 12.1 Å². The van der Waals surface area contributed by atoms with Gasteiger partial charge in [-0.05, 0) is 43.4 Å². The van der Waals surface area contributed by atoms with Gasteiger partial charge in [0.1, 0.15) is 0 Å². The zero-order chi connectivity index (χ0) is 13.6. The summed E-state index contributed by atoms with van der Waals surface area (Å²) in [6.07, 6.45) is 7.07. The molecule has 1 fully saturated rings. The first kappa shape index (κ1) is 15.2. The van der Waals surface area contributed by atoms with E-state index in [2.05, 4.69) is 38.2 Å². The highest BCUT2D eigenvalue weighted by Gasteiger charge is 2.27. The Morgan fingerprint density at radius 3 is 2.44 bits per heavy atom. The normalized spacial score (nSPS) is 20.7. The SMILES string of the molecule is CCCCC(=O)NN=C1CCC(C(C)(C)C)CC1. The molecule has 3 heteroatoms. The summed E-state index contributed by atoms with van der Waals surface area (Å²) in [6, 6.07) is 0. The van der Waals surface area contributed by atoms with Crippen LogP contribution in [0.15, 0.2) is 5.10 Å². The van der Waals surface area contributed by atoms with E-state index in [1.54, 1.807) is 0 Å². The van der Waals surface area contributed by atoms with Crippen molar-refractivity contribution in [1.29, 1.82) is 0 Å². The molecule has 0 aliphatic heterocycles. The molecule has 1 rings (SSSR count). The third kappa shape index (κ3) is 5.19. The highest BCUT2D eigenvalue weighted by molar-refractivity contribution is 5.86. The number of nitrogens with one attached hydrogen (secondary N) is 1. The van der Waals surface area contributed by atoms with E-state index < -0.39 is 0 Å². The Morgan fingerprint density at radius 1 is 1.33 bits per heavy atom. The standard InChI is InChI=1S/C15H28N2O/c1-5-6-7-14(18)17-16-13-10-8-12(9-11-13)15(2,3)4/h12H,5-11H2,1-4H3,(H,17,18). The first-order valence-electron chi connectivity index (χ1n) is 7.27. The van der Waals surface area contributed by atoms with Crippen LogP contribution in [0.4, 0.5) is 0 Å². The first-order chi connectivity index (χ1) is 8.43. The molecule has 3 nitrogen and oxygen atoms in total. The molecule has 0 aromatic heterocycles. The number of rotatable bonds is 4. The number of nitrogens with zero attached hydrogens (tertiary/aromatic N) is 1. The Labute approximate surface area is 111 Å². The molecule has 1 aliphatic rings. The quantitative estimate of drug-likeness (QED) is 0.758. The summed E-state index contributed by atoms with van der Waals surface area (Å²) in [5, 5.41) is 4.27. The van der Waals surface area contributed by atoms with Gasteiger partial charge in [0.2, 0.25) is 5.91 Å². The van der Waals surface area contributed by atoms with E-state index in [0.717, 1.165) is 31.6 Å². The van der Waals surface area contributed by atoms with E-state index in [9.17, 15) is 4.79 Å². The van der Waals surface area contributed by atoms with Gasteiger partial charge in [-0.25, -0.2) is 5.43 Å². The summed E-state index contributed by atoms with van der Waals surface area (Å²) >= 11 is 0. The number of hydrazone groups is 1. The van der Waals surface area contributed by atoms with Gasteiger partial charge in [0.05, 0.1) is 0 Å². The van der Waals surface area contributed by atoms with Crippen LogP contribution in [0.2, 0.25) is 0 Å². The molecule has 0 unspecified atom stereocenters. The number of hydrogen-bond acceptors (Lipinski definition) is 2. The minimum absolute atomic E-state index is 0.0577. The smallest absolute Gasteiger partial charge is 0.240 e. The lowest BCUT2D eigenvalue weighted by atomic mass is 9.72. The number of carbonyl (C=O) groups excluding carboxylic acids is 1. The third-order valence-electron chi connectivity index (χ3n) is 3.88. The van der Waals surface area contributed by atoms with Crippen molar-refractivity contribution in [1.82, 2.24) is 5.43 Å². The molecule has 1 saturated carbocycles. The Balaban J connectivity index is 2.32. The average molecular weight is 252 g/mol. The fraction of sp³-hybridized carbons (Fsp3) is 0.867. The molecule has 0 radical (unpaired) electrons. The Bertz CT molecular complexity index is 292. The fourth-order valence-electron chi connectivity index (χ4n) is 2.46. The number of amides is 1. The van der Waals surface area contributed by atoms with Crippen LogP contribution in [0, 0.1) is 11.3 Å². The first-order valence-corrected chi connectivity index (χ1v) is 7.27. The third-order valence-corrected chi connectivity index (χ3v) is 3.88. The van der Waals surface area contributed by atoms with Crippen molar-refractivity contribution in [2.24, 2.45) is 16.4 Å². The predicted molar refractivity (Wildman–Crippen MR) is 76.5 cm³/mol. The van der Waals surface area contributed by atoms with E-state index >= 15 is 0 Å². The summed E-state index contributed by atoms with van der Waals surface area (Å²) in [5.74, 6) is 0.842. The van der Waals surface area contributed by atoms with E-state index in [0.29, 0.717) is 11.8 Å². The Hall–Kier alpha value is -0.860. The molecule has 0 saturated heterocycles. The van der Waals surface area contributed by atoms with Gasteiger partial charge in [-0.1, -0.05) is 34.1 Å². The lowest BCUT2D eigenvalue weighted by Crippen LogP contribution is -2.27. The van der Waals surface area contributed by atoms with Crippen molar-refractivity contribution < 1.29 is 4.79 Å². The maximum atomic E-state index is 11.4. The van der Waals surface area contributed by atoms with Crippen LogP contribution in [0.1, 0.15) is 72.6 Å². The van der Waals surface area contributed by atoms with Crippen LogP contribution < -0.4 is 5.43 Å². The predicted octanol–water partition coefficient (Wildman–Crippen LogP) is 3.89. The van der Waals surface area contributed by atoms with Crippen LogP contribution >= 0.6 is 0 Å². The van der Waals surface area contributed by atoms with E-state index in [4.69, 9.17) is 0 Å². The lowest BCUT2D eigenvalue weighted by Gasteiger charge is -2.34. The van der Waals surface area contributed by atoms with Crippen LogP contribution in [0.5, 0.6) is 0 Å². The van der Waals surface area contributed by atoms with Crippen LogP contribution in [0.25, 0.3) is 0 Å². The highest BCUT2D eigenvalue weighted by Crippen LogP contribution is 2.36. The van der Waals surface area contributed by atoms with Crippen molar-refractivity contribution in [3.8, 4) is 0 Å². The average Bonchev–Trinajstić information content (AvgIpc) is 2.33. The topological polar surface area (TPSA) is 41.5 Å². The van der Waals surface area contributed by atoms with Crippen LogP contribution in [-0.4, -0.2) is 11.6 Å². The van der Waals surface area contributed by atoms with E-state index in [-0.39, 0.29) is 5.91 Å². The minimum Gasteiger partial charge on any atom is -0.273 e. The Morgan fingerprint density at radius 2 is 1.94 bits per heavy atom. The summed E-state index contributed by atoms with van der Waals surface area (Å²) in [5.41, 5.74) is 4.26. The van der Waals surface area contributed by atoms with Gasteiger partial charge in [-0.2, -0.15) is 5.10 Å². The highest BCUT2D eigenvalue weighted by atomic mass is 16.2. The number of unbranched alkanes of at least 4 members (excludes halogenated alkanes) is 1. The van der Waals surface area contributed by atoms with Crippen molar-refractivity contribution in [3.63, 3.8) is 0 Å². The number of carbonyl (C=O) groups is 1. The summed E-state index contributed by atoms with van der Waals surface area (Å²) < 4.78 is 0. The van der Waals surface area contributed by atoms with E-state index in [1.165, 1.54) is 18.6 Å². The lowest BCUT2D eigenvalue weighted by molar-refractivity contribution is -0.121. The largest absolute Gasteiger partial charge is 0.273 e. The second kappa shape index (κ2) is 6.91. The molecule has 18 heavy (non-hydrogen) atoms. The molecular weight excluding hydrogens is 224 g/mol. The molecule has 0 atom stereocenters. The molecule has 0 aromatic rings. The summed E-state index contributed by atoms with van der Waals surface area (Å²) in [7, 11) is 0. The molecular formula is C15H28N2O. The minimum atomic E-state index is 0.0577. The summed E-state index contributed by atoms with van der Waals surface area (Å²) in [4.78, 5) is 11.4. The fourth-order valence-corrected chi connectivity index (χ4v) is 2.46. The van der Waals surface area contributed by atoms with Crippen LogP contribution in [-0.2, 0) is 4.79 Å². The second-order valence-electron chi connectivity index (χ2n) is 6.46. The zero-order valence-corrected chi connectivity index (χ0v) is 12.4. The second-order valence-corrected chi connectivity index (χ2v) is 6.46. The number of hydrogen-bond donors (Lipinski definition) is 1. The van der Waals surface area contributed by atoms with Gasteiger partial charge < -0.3 is 0 Å². The maximum Gasteiger partial charge on any atom is 0.240 e. The molecule has 1 amide bonds. The van der Waals surface area contributed by atoms with Gasteiger partial charge in [-0.3, -0.25) is 4.79 Å². The maximum absolute atomic E-state index is 11.4. The molecule has 104 valence electrons. The van der Waals surface area contributed by atoms with Gasteiger partial charge in [0.15, 0.2) is 0 Å². The van der Waals surface area contributed by atoms with Crippen molar-refractivity contribution in [2.75, 3.05) is 0 Å². The molecule has 0 aromatic carbocycles. The Kier molecular flexibility index (Phi) is 5.83. The van der Waals surface area contributed by atoms with E-state index in [1.807, 2.05) is 0 Å².